The van der Waals surface area contributed by atoms with E-state index in [4.69, 9.17) is 4.74 Å². The highest BCUT2D eigenvalue weighted by Gasteiger charge is 2.21. The molecule has 12 heteroatoms. The first-order chi connectivity index (χ1) is 20.4. The second kappa shape index (κ2) is 13.6. The van der Waals surface area contributed by atoms with Crippen molar-refractivity contribution < 1.29 is 19.1 Å². The Labute approximate surface area is 248 Å². The van der Waals surface area contributed by atoms with Gasteiger partial charge >= 0.3 is 0 Å². The number of thiazole rings is 1. The molecule has 2 aromatic heterocycles. The second-order valence-electron chi connectivity index (χ2n) is 10.4. The first-order valence-corrected chi connectivity index (χ1v) is 15.0. The van der Waals surface area contributed by atoms with E-state index in [0.29, 0.717) is 75.5 Å². The molecule has 3 amide bonds. The van der Waals surface area contributed by atoms with Gasteiger partial charge in [0.2, 0.25) is 11.8 Å². The van der Waals surface area contributed by atoms with Crippen LogP contribution >= 0.6 is 11.3 Å². The summed E-state index contributed by atoms with van der Waals surface area (Å²) in [7, 11) is 0. The van der Waals surface area contributed by atoms with Gasteiger partial charge in [0.1, 0.15) is 17.5 Å². The highest BCUT2D eigenvalue weighted by molar-refractivity contribution is 7.18. The van der Waals surface area contributed by atoms with E-state index in [2.05, 4.69) is 25.9 Å². The molecule has 220 valence electrons. The third-order valence-corrected chi connectivity index (χ3v) is 8.09. The molecule has 2 aromatic carbocycles. The number of hydrogen-bond donors (Lipinski definition) is 2. The number of carbonyl (C=O) groups excluding carboxylic acids is 3. The van der Waals surface area contributed by atoms with Crippen molar-refractivity contribution in [3.8, 4) is 5.75 Å². The van der Waals surface area contributed by atoms with Gasteiger partial charge in [-0.1, -0.05) is 23.4 Å². The summed E-state index contributed by atoms with van der Waals surface area (Å²) in [6.07, 6.45) is 3.90. The number of aromatic nitrogens is 4. The summed E-state index contributed by atoms with van der Waals surface area (Å²) >= 11 is 1.61. The average Bonchev–Trinajstić information content (AvgIpc) is 3.61. The molecule has 0 aliphatic carbocycles. The summed E-state index contributed by atoms with van der Waals surface area (Å²) in [6.45, 7) is 5.62. The SMILES string of the molecule is Cc1ccc2c(c1)OCCCn1cc(nn1)CN(C(=O)CCc1nc3ccccc3s1)CCCNC(=O)[C@@H](C)NC2=O. The first-order valence-electron chi connectivity index (χ1n) is 14.2. The zero-order valence-corrected chi connectivity index (χ0v) is 24.7. The lowest BCUT2D eigenvalue weighted by Gasteiger charge is -2.22. The number of rotatable bonds is 3. The maximum atomic E-state index is 13.3. The molecule has 11 nitrogen and oxygen atoms in total. The Morgan fingerprint density at radius 2 is 2.00 bits per heavy atom. The molecular formula is C30H35N7O4S. The van der Waals surface area contributed by atoms with Crippen molar-refractivity contribution in [3.05, 3.63) is 70.5 Å². The number of amides is 3. The van der Waals surface area contributed by atoms with Crippen LogP contribution in [0.1, 0.15) is 52.8 Å². The molecule has 2 N–H and O–H groups in total. The van der Waals surface area contributed by atoms with Crippen LogP contribution in [-0.4, -0.2) is 68.3 Å². The van der Waals surface area contributed by atoms with Crippen LogP contribution < -0.4 is 15.4 Å². The molecule has 0 saturated heterocycles. The minimum absolute atomic E-state index is 0.0110. The number of hydrogen-bond acceptors (Lipinski definition) is 8. The number of nitrogens with one attached hydrogen (secondary N) is 2. The fourth-order valence-corrected chi connectivity index (χ4v) is 5.69. The average molecular weight is 590 g/mol. The number of nitrogens with zero attached hydrogens (tertiary/aromatic N) is 5. The Bertz CT molecular complexity index is 1530. The van der Waals surface area contributed by atoms with Gasteiger partial charge in [-0.05, 0) is 50.1 Å². The number of ether oxygens (including phenoxy) is 1. The van der Waals surface area contributed by atoms with Gasteiger partial charge in [0.15, 0.2) is 0 Å². The van der Waals surface area contributed by atoms with Crippen molar-refractivity contribution >= 4 is 39.3 Å². The number of aryl methyl sites for hydroxylation is 3. The second-order valence-corrected chi connectivity index (χ2v) is 11.5. The minimum atomic E-state index is -0.741. The molecule has 0 fully saturated rings. The highest BCUT2D eigenvalue weighted by atomic mass is 32.1. The minimum Gasteiger partial charge on any atom is -0.493 e. The molecule has 3 heterocycles. The molecule has 5 rings (SSSR count). The van der Waals surface area contributed by atoms with E-state index in [1.807, 2.05) is 49.5 Å². The number of fused-ring (bicyclic) bond motifs is 4. The van der Waals surface area contributed by atoms with E-state index in [1.165, 1.54) is 0 Å². The molecule has 0 spiro atoms. The van der Waals surface area contributed by atoms with Crippen LogP contribution in [0.15, 0.2) is 48.7 Å². The first kappa shape index (κ1) is 29.2. The fourth-order valence-electron chi connectivity index (χ4n) is 4.73. The van der Waals surface area contributed by atoms with Crippen molar-refractivity contribution in [1.82, 2.24) is 35.5 Å². The highest BCUT2D eigenvalue weighted by Crippen LogP contribution is 2.23. The Morgan fingerprint density at radius 1 is 1.14 bits per heavy atom. The van der Waals surface area contributed by atoms with E-state index in [9.17, 15) is 14.4 Å². The standard InChI is InChI=1S/C30H35N7O4S/c1-20-9-10-23-25(17-20)41-16-6-15-37-19-22(34-35-37)18-36(14-5-13-31-29(39)21(2)32-30(23)40)28(38)12-11-27-33-24-7-3-4-8-26(24)42-27/h3-4,7-10,17,19,21H,5-6,11-16,18H2,1-2H3,(H,31,39)(H,32,40)/t21-/m1/s1. The maximum absolute atomic E-state index is 13.3. The van der Waals surface area contributed by atoms with E-state index in [1.54, 1.807) is 33.9 Å². The van der Waals surface area contributed by atoms with Crippen molar-refractivity contribution in [2.45, 2.75) is 58.7 Å². The summed E-state index contributed by atoms with van der Waals surface area (Å²) in [4.78, 5) is 45.5. The third-order valence-electron chi connectivity index (χ3n) is 7.00. The van der Waals surface area contributed by atoms with Gasteiger partial charge in [0.25, 0.3) is 5.91 Å². The molecule has 0 radical (unpaired) electrons. The predicted octanol–water partition coefficient (Wildman–Crippen LogP) is 3.26. The summed E-state index contributed by atoms with van der Waals surface area (Å²) in [5, 5.41) is 15.1. The van der Waals surface area contributed by atoms with Crippen LogP contribution in [0.25, 0.3) is 10.2 Å². The molecular weight excluding hydrogens is 554 g/mol. The molecule has 4 aromatic rings. The summed E-state index contributed by atoms with van der Waals surface area (Å²) in [6, 6.07) is 12.6. The Morgan fingerprint density at radius 3 is 2.86 bits per heavy atom. The maximum Gasteiger partial charge on any atom is 0.255 e. The van der Waals surface area contributed by atoms with Gasteiger partial charge < -0.3 is 20.3 Å². The largest absolute Gasteiger partial charge is 0.493 e. The molecule has 1 aliphatic rings. The normalized spacial score (nSPS) is 17.3. The predicted molar refractivity (Wildman–Crippen MR) is 159 cm³/mol. The lowest BCUT2D eigenvalue weighted by molar-refractivity contribution is -0.131. The van der Waals surface area contributed by atoms with Gasteiger partial charge in [0.05, 0.1) is 40.1 Å². The van der Waals surface area contributed by atoms with E-state index < -0.39 is 6.04 Å². The number of carbonyl (C=O) groups is 3. The van der Waals surface area contributed by atoms with Crippen molar-refractivity contribution in [3.63, 3.8) is 0 Å². The van der Waals surface area contributed by atoms with Gasteiger partial charge in [-0.2, -0.15) is 0 Å². The molecule has 42 heavy (non-hydrogen) atoms. The summed E-state index contributed by atoms with van der Waals surface area (Å²) < 4.78 is 8.81. The summed E-state index contributed by atoms with van der Waals surface area (Å²) in [5.41, 5.74) is 2.97. The van der Waals surface area contributed by atoms with Gasteiger partial charge in [-0.15, -0.1) is 16.4 Å². The van der Waals surface area contributed by atoms with Crippen LogP contribution in [0.5, 0.6) is 5.75 Å². The van der Waals surface area contributed by atoms with Gasteiger partial charge in [-0.3, -0.25) is 19.1 Å². The monoisotopic (exact) mass is 589 g/mol. The van der Waals surface area contributed by atoms with E-state index >= 15 is 0 Å². The zero-order chi connectivity index (χ0) is 29.5. The molecule has 0 unspecified atom stereocenters. The smallest absolute Gasteiger partial charge is 0.255 e. The molecule has 1 aliphatic heterocycles. The lowest BCUT2D eigenvalue weighted by Crippen LogP contribution is -2.45. The van der Waals surface area contributed by atoms with Crippen LogP contribution in [0, 0.1) is 6.92 Å². The molecule has 0 saturated carbocycles. The summed E-state index contributed by atoms with van der Waals surface area (Å²) in [5.74, 6) is -0.218. The number of para-hydroxylation sites is 1. The van der Waals surface area contributed by atoms with Crippen molar-refractivity contribution in [2.24, 2.45) is 0 Å². The van der Waals surface area contributed by atoms with Crippen molar-refractivity contribution in [1.29, 1.82) is 0 Å². The Balaban J connectivity index is 1.27. The molecule has 1 atom stereocenters. The quantitative estimate of drug-likeness (QED) is 0.375. The molecule has 2 bridgehead atoms. The zero-order valence-electron chi connectivity index (χ0n) is 23.8. The van der Waals surface area contributed by atoms with Crippen LogP contribution in [0.2, 0.25) is 0 Å². The van der Waals surface area contributed by atoms with Crippen molar-refractivity contribution in [2.75, 3.05) is 19.7 Å². The Kier molecular flexibility index (Phi) is 9.42. The third kappa shape index (κ3) is 7.49. The fraction of sp³-hybridized carbons (Fsp3) is 0.400. The number of benzene rings is 2. The van der Waals surface area contributed by atoms with Crippen LogP contribution in [0.3, 0.4) is 0 Å². The van der Waals surface area contributed by atoms with Crippen LogP contribution in [-0.2, 0) is 29.1 Å². The van der Waals surface area contributed by atoms with Gasteiger partial charge in [-0.25, -0.2) is 4.98 Å². The Hall–Kier alpha value is -4.32. The topological polar surface area (TPSA) is 131 Å². The lowest BCUT2D eigenvalue weighted by atomic mass is 10.1. The van der Waals surface area contributed by atoms with Crippen LogP contribution in [0.4, 0.5) is 0 Å². The van der Waals surface area contributed by atoms with Gasteiger partial charge in [0, 0.05) is 38.9 Å². The van der Waals surface area contributed by atoms with E-state index in [-0.39, 0.29) is 17.7 Å². The van der Waals surface area contributed by atoms with E-state index in [0.717, 1.165) is 20.8 Å².